The smallest absolute Gasteiger partial charge is 0.164 e. The molecule has 0 bridgehead atoms. The zero-order valence-electron chi connectivity index (χ0n) is 71.2. The maximum absolute atomic E-state index is 5.04. The Morgan fingerprint density at radius 1 is 0.144 bits per heavy atom. The second-order valence-electron chi connectivity index (χ2n) is 33.2. The van der Waals surface area contributed by atoms with Crippen LogP contribution in [0.3, 0.4) is 0 Å². The Labute approximate surface area is 758 Å². The van der Waals surface area contributed by atoms with Crippen molar-refractivity contribution in [3.8, 4) is 119 Å². The van der Waals surface area contributed by atoms with Crippen LogP contribution in [-0.2, 0) is 0 Å². The lowest BCUT2D eigenvalue weighted by atomic mass is 10.0. The Bertz CT molecular complexity index is 8930. The van der Waals surface area contributed by atoms with E-state index in [0.29, 0.717) is 40.8 Å². The zero-order chi connectivity index (χ0) is 87.1. The van der Waals surface area contributed by atoms with Crippen molar-refractivity contribution in [2.45, 2.75) is 0 Å². The molecule has 0 aliphatic carbocycles. The average molecular weight is 1690 g/mol. The van der Waals surface area contributed by atoms with Gasteiger partial charge in [-0.15, -0.1) is 0 Å². The third-order valence-corrected chi connectivity index (χ3v) is 25.5. The largest absolute Gasteiger partial charge is 0.309 e. The van der Waals surface area contributed by atoms with Crippen LogP contribution in [0.15, 0.2) is 461 Å². The van der Waals surface area contributed by atoms with Crippen molar-refractivity contribution in [1.29, 1.82) is 0 Å². The Balaban J connectivity index is 0.000000107. The lowest BCUT2D eigenvalue weighted by Crippen LogP contribution is -2.01. The molecule has 12 nitrogen and oxygen atoms in total. The van der Waals surface area contributed by atoms with E-state index in [9.17, 15) is 0 Å². The summed E-state index contributed by atoms with van der Waals surface area (Å²) in [4.78, 5) is 39.6. The monoisotopic (exact) mass is 1680 g/mol. The lowest BCUT2D eigenvalue weighted by Gasteiger charge is -2.12. The number of hydrogen-bond donors (Lipinski definition) is 0. The number of aromatic nitrogens is 12. The maximum atomic E-state index is 5.04. The van der Waals surface area contributed by atoms with Crippen molar-refractivity contribution in [2.75, 3.05) is 0 Å². The number of fused-ring (bicyclic) bond motifs is 16. The van der Waals surface area contributed by atoms with E-state index in [1.54, 1.807) is 0 Å². The molecule has 0 aliphatic heterocycles. The molecule has 0 saturated carbocycles. The molecule has 27 rings (SSSR count). The summed E-state index contributed by atoms with van der Waals surface area (Å²) < 4.78 is 9.61. The molecular weight excluding hydrogens is 1610 g/mol. The van der Waals surface area contributed by atoms with Crippen LogP contribution in [0.1, 0.15) is 0 Å². The summed E-state index contributed by atoms with van der Waals surface area (Å²) in [7, 11) is 0. The zero-order valence-corrected chi connectivity index (χ0v) is 71.2. The molecule has 0 fully saturated rings. The number of nitrogens with zero attached hydrogens (tertiary/aromatic N) is 12. The third-order valence-electron chi connectivity index (χ3n) is 25.5. The third kappa shape index (κ3) is 13.2. The topological polar surface area (TPSA) is 122 Å². The van der Waals surface area contributed by atoms with Crippen LogP contribution in [-0.4, -0.2) is 58.0 Å². The minimum atomic E-state index is 0.638. The van der Waals surface area contributed by atoms with Gasteiger partial charge in [0.15, 0.2) is 40.8 Å². The van der Waals surface area contributed by atoms with Crippen molar-refractivity contribution in [3.63, 3.8) is 0 Å². The summed E-state index contributed by atoms with van der Waals surface area (Å²) in [5.74, 6) is 4.62. The standard InChI is InChI=1S/C45H27N5.C38H25N3.C37H24N4/c1-3-13-28(14-4-1)43-46-44(29-15-5-2-6-16-29)48-45(47-43)30-17-11-18-31(27-30)49-38-24-12-21-34-32-19-7-9-22-36(32)50-37-23-10-8-20-33(37)35-25-26-39(49)41(40(34)38)42(35)50;1-3-12-27(13-4-1)34-25-35(28-14-5-2-6-15-28)40-38(39-34)29-19-22-30(23-20-29)41-36-18-10-9-17-32(36)33-24-21-26-11-7-8-16-31(26)37(33)41;1-3-12-26(13-4-1)35-38-36(27-14-5-2-6-15-27)40-37(39-35)28-19-22-29(23-20-28)41-32-18-10-9-17-31(32)34-30-16-8-7-11-25(30)21-24-33(34)41/h1-27H;1-25H;1-24H. The Kier molecular flexibility index (Phi) is 18.6. The van der Waals surface area contributed by atoms with E-state index in [1.807, 2.05) is 158 Å². The van der Waals surface area contributed by atoms with Crippen LogP contribution < -0.4 is 0 Å². The molecule has 0 amide bonds. The highest BCUT2D eigenvalue weighted by atomic mass is 15.1. The van der Waals surface area contributed by atoms with Gasteiger partial charge >= 0.3 is 0 Å². The Morgan fingerprint density at radius 2 is 0.462 bits per heavy atom. The van der Waals surface area contributed by atoms with E-state index >= 15 is 0 Å². The molecule has 0 saturated heterocycles. The van der Waals surface area contributed by atoms with Crippen LogP contribution >= 0.6 is 0 Å². The molecule has 0 atom stereocenters. The van der Waals surface area contributed by atoms with Crippen molar-refractivity contribution in [2.24, 2.45) is 0 Å². The molecule has 0 unspecified atom stereocenters. The van der Waals surface area contributed by atoms with Crippen LogP contribution in [0, 0.1) is 0 Å². The molecule has 0 spiro atoms. The number of para-hydroxylation sites is 4. The van der Waals surface area contributed by atoms with Crippen LogP contribution in [0.5, 0.6) is 0 Å². The number of rotatable bonds is 12. The van der Waals surface area contributed by atoms with Gasteiger partial charge in [0.25, 0.3) is 0 Å². The van der Waals surface area contributed by atoms with Gasteiger partial charge in [0.1, 0.15) is 0 Å². The van der Waals surface area contributed by atoms with Crippen molar-refractivity contribution < 1.29 is 0 Å². The fraction of sp³-hybridized carbons (Fsp3) is 0. The highest BCUT2D eigenvalue weighted by Gasteiger charge is 2.26. The average Bonchev–Trinajstić information content (AvgIpc) is 1.52. The Morgan fingerprint density at radius 3 is 0.985 bits per heavy atom. The first-order chi connectivity index (χ1) is 65.5. The van der Waals surface area contributed by atoms with Gasteiger partial charge in [0.05, 0.1) is 61.0 Å². The molecule has 8 aromatic heterocycles. The summed E-state index contributed by atoms with van der Waals surface area (Å²) in [5.41, 5.74) is 24.7. The van der Waals surface area contributed by atoms with Crippen LogP contribution in [0.2, 0.25) is 0 Å². The van der Waals surface area contributed by atoms with Gasteiger partial charge in [0, 0.05) is 121 Å². The summed E-state index contributed by atoms with van der Waals surface area (Å²) in [6, 6.07) is 161. The summed E-state index contributed by atoms with van der Waals surface area (Å²) >= 11 is 0. The molecule has 19 aromatic carbocycles. The van der Waals surface area contributed by atoms with Gasteiger partial charge in [-0.3, -0.25) is 0 Å². The van der Waals surface area contributed by atoms with Gasteiger partial charge in [-0.05, 0) is 131 Å². The van der Waals surface area contributed by atoms with E-state index in [-0.39, 0.29) is 0 Å². The Hall–Kier alpha value is -18.0. The SMILES string of the molecule is c1ccc(-c2cc(-c3ccccc3)nc(-c3ccc(-n4c5ccccc5c5ccc6ccccc6c54)cc3)n2)cc1.c1ccc(-c2nc(-c3ccccc3)nc(-c3ccc(-n4c5ccccc5c5c6ccccc6ccc54)cc3)n2)cc1.c1ccc(-c2nc(-c3ccccc3)nc(-c3cccc(-n4c5cccc6c7ccccc7n7c8ccccc8c8ccc4c(c65)c87)c3)n2)cc1. The molecule has 0 aliphatic rings. The number of hydrogen-bond acceptors (Lipinski definition) is 8. The normalized spacial score (nSPS) is 11.6. The van der Waals surface area contributed by atoms with Gasteiger partial charge in [-0.25, -0.2) is 39.9 Å². The summed E-state index contributed by atoms with van der Waals surface area (Å²) in [6.07, 6.45) is 0. The van der Waals surface area contributed by atoms with Crippen molar-refractivity contribution >= 4 is 125 Å². The fourth-order valence-electron chi connectivity index (χ4n) is 19.5. The number of benzene rings is 19. The van der Waals surface area contributed by atoms with E-state index < -0.39 is 0 Å². The van der Waals surface area contributed by atoms with Gasteiger partial charge in [-0.1, -0.05) is 352 Å². The first-order valence-corrected chi connectivity index (χ1v) is 44.5. The van der Waals surface area contributed by atoms with E-state index in [1.165, 1.54) is 125 Å². The van der Waals surface area contributed by atoms with Gasteiger partial charge in [-0.2, -0.15) is 0 Å². The second kappa shape index (κ2) is 32.1. The predicted octanol–water partition coefficient (Wildman–Crippen LogP) is 30.0. The van der Waals surface area contributed by atoms with E-state index in [2.05, 4.69) is 321 Å². The van der Waals surface area contributed by atoms with Gasteiger partial charge < -0.3 is 18.1 Å². The van der Waals surface area contributed by atoms with Crippen molar-refractivity contribution in [3.05, 3.63) is 461 Å². The predicted molar refractivity (Wildman–Crippen MR) is 543 cm³/mol. The molecule has 132 heavy (non-hydrogen) atoms. The summed E-state index contributed by atoms with van der Waals surface area (Å²) in [6.45, 7) is 0. The van der Waals surface area contributed by atoms with Crippen LogP contribution in [0.25, 0.3) is 244 Å². The van der Waals surface area contributed by atoms with Crippen LogP contribution in [0.4, 0.5) is 0 Å². The molecule has 27 aromatic rings. The quantitative estimate of drug-likeness (QED) is 0.119. The summed E-state index contributed by atoms with van der Waals surface area (Å²) in [5, 5.41) is 17.6. The molecular formula is C120H76N12. The van der Waals surface area contributed by atoms with Gasteiger partial charge in [0.2, 0.25) is 0 Å². The molecule has 0 radical (unpaired) electrons. The second-order valence-corrected chi connectivity index (χ2v) is 33.2. The first-order valence-electron chi connectivity index (χ1n) is 44.5. The minimum Gasteiger partial charge on any atom is -0.309 e. The minimum absolute atomic E-state index is 0.638. The maximum Gasteiger partial charge on any atom is 0.164 e. The molecule has 0 N–H and O–H groups in total. The fourth-order valence-corrected chi connectivity index (χ4v) is 19.5. The van der Waals surface area contributed by atoms with E-state index in [0.717, 1.165) is 78.5 Å². The molecule has 12 heteroatoms. The highest BCUT2D eigenvalue weighted by molar-refractivity contribution is 6.33. The first kappa shape index (κ1) is 76.4. The molecule has 616 valence electrons. The highest BCUT2D eigenvalue weighted by Crippen LogP contribution is 2.47. The van der Waals surface area contributed by atoms with E-state index in [4.69, 9.17) is 39.9 Å². The lowest BCUT2D eigenvalue weighted by molar-refractivity contribution is 1.07. The molecule has 8 heterocycles. The van der Waals surface area contributed by atoms with Crippen molar-refractivity contribution in [1.82, 2.24) is 58.0 Å².